The molecule has 0 saturated heterocycles. The molecule has 1 unspecified atom stereocenters. The monoisotopic (exact) mass is 487 g/mol. The largest absolute Gasteiger partial charge is 0.497 e. The van der Waals surface area contributed by atoms with Gasteiger partial charge in [0.15, 0.2) is 27.7 Å². The van der Waals surface area contributed by atoms with Crippen molar-refractivity contribution in [3.05, 3.63) is 59.5 Å². The fourth-order valence-corrected chi connectivity index (χ4v) is 4.48. The third-order valence-electron chi connectivity index (χ3n) is 4.78. The molecule has 0 fully saturated rings. The molecule has 7 nitrogen and oxygen atoms in total. The zero-order valence-corrected chi connectivity index (χ0v) is 19.5. The third kappa shape index (κ3) is 5.04. The molecule has 11 heteroatoms. The van der Waals surface area contributed by atoms with Crippen LogP contribution in [0, 0.1) is 11.6 Å². The van der Waals surface area contributed by atoms with Crippen LogP contribution >= 0.6 is 23.1 Å². The highest BCUT2D eigenvalue weighted by atomic mass is 32.2. The Morgan fingerprint density at radius 3 is 2.55 bits per heavy atom. The number of hydrogen-bond acceptors (Lipinski definition) is 7. The average Bonchev–Trinajstić information content (AvgIpc) is 3.42. The van der Waals surface area contributed by atoms with Crippen LogP contribution in [0.2, 0.25) is 0 Å². The van der Waals surface area contributed by atoms with Crippen molar-refractivity contribution in [2.75, 3.05) is 12.4 Å². The Morgan fingerprint density at radius 2 is 1.85 bits per heavy atom. The van der Waals surface area contributed by atoms with E-state index < -0.39 is 16.9 Å². The number of thioether (sulfide) groups is 1. The van der Waals surface area contributed by atoms with Crippen molar-refractivity contribution in [2.24, 2.45) is 7.05 Å². The topological polar surface area (TPSA) is 81.9 Å². The lowest BCUT2D eigenvalue weighted by Crippen LogP contribution is -2.22. The SMILES string of the molecule is COc1ccc(-c2nnc(SC(C)C(=O)Nc3nc(-c4ccc(F)c(F)c4)cs3)n2C)cc1. The molecule has 0 saturated carbocycles. The van der Waals surface area contributed by atoms with Crippen molar-refractivity contribution in [1.29, 1.82) is 0 Å². The molecule has 2 aromatic carbocycles. The second-order valence-electron chi connectivity index (χ2n) is 7.01. The van der Waals surface area contributed by atoms with E-state index in [0.29, 0.717) is 27.4 Å². The van der Waals surface area contributed by atoms with Gasteiger partial charge in [-0.3, -0.25) is 4.79 Å². The lowest BCUT2D eigenvalue weighted by molar-refractivity contribution is -0.115. The summed E-state index contributed by atoms with van der Waals surface area (Å²) in [7, 11) is 3.44. The van der Waals surface area contributed by atoms with E-state index in [1.165, 1.54) is 29.2 Å². The van der Waals surface area contributed by atoms with E-state index in [2.05, 4.69) is 20.5 Å². The van der Waals surface area contributed by atoms with Crippen LogP contribution in [0.25, 0.3) is 22.6 Å². The predicted octanol–water partition coefficient (Wildman–Crippen LogP) is 5.01. The number of ether oxygens (including phenoxy) is 1. The summed E-state index contributed by atoms with van der Waals surface area (Å²) in [4.78, 5) is 17.0. The van der Waals surface area contributed by atoms with E-state index in [1.54, 1.807) is 19.4 Å². The zero-order valence-electron chi connectivity index (χ0n) is 17.9. The quantitative estimate of drug-likeness (QED) is 0.369. The summed E-state index contributed by atoms with van der Waals surface area (Å²) in [5.41, 5.74) is 1.76. The second-order valence-corrected chi connectivity index (χ2v) is 9.18. The third-order valence-corrected chi connectivity index (χ3v) is 6.68. The number of carbonyl (C=O) groups excluding carboxylic acids is 1. The summed E-state index contributed by atoms with van der Waals surface area (Å²) in [5, 5.41) is 13.3. The molecular formula is C22H19F2N5O2S2. The van der Waals surface area contributed by atoms with E-state index in [-0.39, 0.29) is 5.91 Å². The number of amides is 1. The fraction of sp³-hybridized carbons (Fsp3) is 0.182. The molecule has 2 aromatic heterocycles. The van der Waals surface area contributed by atoms with Gasteiger partial charge in [0.05, 0.1) is 18.1 Å². The van der Waals surface area contributed by atoms with Gasteiger partial charge >= 0.3 is 0 Å². The maximum atomic E-state index is 13.5. The minimum absolute atomic E-state index is 0.264. The molecule has 0 bridgehead atoms. The Hall–Kier alpha value is -3.31. The first-order chi connectivity index (χ1) is 15.9. The maximum absolute atomic E-state index is 13.5. The van der Waals surface area contributed by atoms with Crippen LogP contribution in [0.1, 0.15) is 6.92 Å². The molecule has 1 atom stereocenters. The van der Waals surface area contributed by atoms with Gasteiger partial charge in [-0.1, -0.05) is 11.8 Å². The van der Waals surface area contributed by atoms with E-state index in [1.807, 2.05) is 35.9 Å². The number of hydrogen-bond donors (Lipinski definition) is 1. The van der Waals surface area contributed by atoms with Gasteiger partial charge in [0, 0.05) is 23.6 Å². The van der Waals surface area contributed by atoms with Gasteiger partial charge < -0.3 is 14.6 Å². The Bertz CT molecular complexity index is 1290. The van der Waals surface area contributed by atoms with Crippen molar-refractivity contribution in [3.8, 4) is 28.4 Å². The number of nitrogens with one attached hydrogen (secondary N) is 1. The maximum Gasteiger partial charge on any atom is 0.239 e. The lowest BCUT2D eigenvalue weighted by Gasteiger charge is -2.10. The molecule has 2 heterocycles. The molecule has 0 radical (unpaired) electrons. The molecule has 0 aliphatic rings. The Kier molecular flexibility index (Phi) is 6.70. The Labute approximate surface area is 196 Å². The Morgan fingerprint density at radius 1 is 1.12 bits per heavy atom. The number of thiazole rings is 1. The van der Waals surface area contributed by atoms with Crippen molar-refractivity contribution >= 4 is 34.1 Å². The number of halogens is 2. The van der Waals surface area contributed by atoms with Crippen LogP contribution < -0.4 is 10.1 Å². The lowest BCUT2D eigenvalue weighted by atomic mass is 10.2. The van der Waals surface area contributed by atoms with Crippen LogP contribution in [0.4, 0.5) is 13.9 Å². The van der Waals surface area contributed by atoms with E-state index in [4.69, 9.17) is 4.74 Å². The smallest absolute Gasteiger partial charge is 0.239 e. The van der Waals surface area contributed by atoms with Gasteiger partial charge in [0.25, 0.3) is 0 Å². The molecule has 0 spiro atoms. The minimum atomic E-state index is -0.950. The molecule has 4 aromatic rings. The number of benzene rings is 2. The summed E-state index contributed by atoms with van der Waals surface area (Å²) in [6.45, 7) is 1.76. The van der Waals surface area contributed by atoms with Gasteiger partial charge in [-0.15, -0.1) is 21.5 Å². The van der Waals surface area contributed by atoms with E-state index >= 15 is 0 Å². The highest BCUT2D eigenvalue weighted by Crippen LogP contribution is 2.29. The molecule has 33 heavy (non-hydrogen) atoms. The van der Waals surface area contributed by atoms with Crippen LogP contribution in [-0.4, -0.2) is 38.0 Å². The second kappa shape index (κ2) is 9.67. The minimum Gasteiger partial charge on any atom is -0.497 e. The molecule has 4 rings (SSSR count). The number of carbonyl (C=O) groups is 1. The van der Waals surface area contributed by atoms with Crippen molar-refractivity contribution < 1.29 is 18.3 Å². The summed E-state index contributed by atoms with van der Waals surface area (Å²) < 4.78 is 33.6. The first-order valence-corrected chi connectivity index (χ1v) is 11.5. The van der Waals surface area contributed by atoms with Gasteiger partial charge in [0.2, 0.25) is 5.91 Å². The predicted molar refractivity (Wildman–Crippen MR) is 124 cm³/mol. The first-order valence-electron chi connectivity index (χ1n) is 9.78. The fourth-order valence-electron chi connectivity index (χ4n) is 2.95. The molecule has 170 valence electrons. The zero-order chi connectivity index (χ0) is 23.5. The van der Waals surface area contributed by atoms with Crippen molar-refractivity contribution in [2.45, 2.75) is 17.3 Å². The first kappa shape index (κ1) is 22.9. The van der Waals surface area contributed by atoms with Gasteiger partial charge in [0.1, 0.15) is 5.75 Å². The number of rotatable bonds is 7. The summed E-state index contributed by atoms with van der Waals surface area (Å²) in [6.07, 6.45) is 0. The van der Waals surface area contributed by atoms with Gasteiger partial charge in [-0.25, -0.2) is 13.8 Å². The normalized spacial score (nSPS) is 11.9. The van der Waals surface area contributed by atoms with E-state index in [0.717, 1.165) is 23.4 Å². The molecule has 1 amide bonds. The highest BCUT2D eigenvalue weighted by molar-refractivity contribution is 8.00. The molecule has 0 aliphatic carbocycles. The van der Waals surface area contributed by atoms with Crippen molar-refractivity contribution in [1.82, 2.24) is 19.7 Å². The molecule has 0 aliphatic heterocycles. The van der Waals surface area contributed by atoms with Crippen LogP contribution in [0.15, 0.2) is 53.0 Å². The number of methoxy groups -OCH3 is 1. The summed E-state index contributed by atoms with van der Waals surface area (Å²) >= 11 is 2.47. The van der Waals surface area contributed by atoms with Gasteiger partial charge in [-0.05, 0) is 49.4 Å². The number of aromatic nitrogens is 4. The standard InChI is InChI=1S/C22H19F2N5O2S2/c1-12(33-22-28-27-19(29(22)2)13-4-7-15(31-3)8-5-13)20(30)26-21-25-18(11-32-21)14-6-9-16(23)17(24)10-14/h4-12H,1-3H3,(H,25,26,30). The summed E-state index contributed by atoms with van der Waals surface area (Å²) in [5.74, 6) is -0.721. The molecular weight excluding hydrogens is 468 g/mol. The van der Waals surface area contributed by atoms with Crippen LogP contribution in [0.5, 0.6) is 5.75 Å². The number of anilines is 1. The summed E-state index contributed by atoms with van der Waals surface area (Å²) in [6, 6.07) is 11.0. The number of nitrogens with zero attached hydrogens (tertiary/aromatic N) is 4. The van der Waals surface area contributed by atoms with Crippen molar-refractivity contribution in [3.63, 3.8) is 0 Å². The highest BCUT2D eigenvalue weighted by Gasteiger charge is 2.21. The average molecular weight is 488 g/mol. The van der Waals surface area contributed by atoms with Crippen LogP contribution in [-0.2, 0) is 11.8 Å². The van der Waals surface area contributed by atoms with Crippen LogP contribution in [0.3, 0.4) is 0 Å². The van der Waals surface area contributed by atoms with Gasteiger partial charge in [-0.2, -0.15) is 0 Å². The Balaban J connectivity index is 1.41. The van der Waals surface area contributed by atoms with E-state index in [9.17, 15) is 13.6 Å². The molecule has 1 N–H and O–H groups in total.